The first kappa shape index (κ1) is 17.9. The molecule has 0 saturated carbocycles. The van der Waals surface area contributed by atoms with Crippen LogP contribution in [0.4, 0.5) is 0 Å². The van der Waals surface area contributed by atoms with E-state index in [4.69, 9.17) is 0 Å². The lowest BCUT2D eigenvalue weighted by atomic mass is 9.73. The van der Waals surface area contributed by atoms with Crippen molar-refractivity contribution in [3.8, 4) is 9.88 Å². The van der Waals surface area contributed by atoms with Crippen molar-refractivity contribution in [1.82, 2.24) is 9.88 Å². The molecule has 0 bridgehead atoms. The Morgan fingerprint density at radius 1 is 1.04 bits per heavy atom. The number of aromatic nitrogens is 1. The van der Waals surface area contributed by atoms with Gasteiger partial charge >= 0.3 is 5.97 Å². The van der Waals surface area contributed by atoms with Gasteiger partial charge in [-0.05, 0) is 29.9 Å². The lowest BCUT2D eigenvalue weighted by Crippen LogP contribution is -2.49. The van der Waals surface area contributed by atoms with Gasteiger partial charge in [-0.25, -0.2) is 4.98 Å². The first-order valence-corrected chi connectivity index (χ1v) is 10.4. The van der Waals surface area contributed by atoms with Gasteiger partial charge in [0.2, 0.25) is 0 Å². The van der Waals surface area contributed by atoms with Crippen molar-refractivity contribution in [1.29, 1.82) is 0 Å². The molecule has 0 spiro atoms. The Labute approximate surface area is 164 Å². The number of carboxylic acids is 1. The van der Waals surface area contributed by atoms with Crippen LogP contribution in [0.3, 0.4) is 0 Å². The van der Waals surface area contributed by atoms with Gasteiger partial charge in [0.25, 0.3) is 5.91 Å². The first-order valence-electron chi connectivity index (χ1n) is 8.68. The second kappa shape index (κ2) is 7.25. The maximum atomic E-state index is 12.8. The number of rotatable bonds is 4. The summed E-state index contributed by atoms with van der Waals surface area (Å²) in [6.45, 7) is 0.817. The van der Waals surface area contributed by atoms with Gasteiger partial charge in [0, 0.05) is 18.5 Å². The van der Waals surface area contributed by atoms with Crippen molar-refractivity contribution in [2.45, 2.75) is 18.3 Å². The molecule has 0 radical (unpaired) electrons. The van der Waals surface area contributed by atoms with Crippen molar-refractivity contribution in [2.75, 3.05) is 13.1 Å². The number of nitrogens with zero attached hydrogens (tertiary/aromatic N) is 2. The Balaban J connectivity index is 1.50. The fourth-order valence-electron chi connectivity index (χ4n) is 3.52. The molecule has 1 aliphatic rings. The number of benzene rings is 1. The number of hydrogen-bond donors (Lipinski definition) is 1. The molecule has 4 rings (SSSR count). The minimum absolute atomic E-state index is 0.124. The number of thiophene rings is 1. The molecule has 27 heavy (non-hydrogen) atoms. The monoisotopic (exact) mass is 398 g/mol. The minimum Gasteiger partial charge on any atom is -0.481 e. The van der Waals surface area contributed by atoms with Crippen LogP contribution in [-0.4, -0.2) is 40.0 Å². The Bertz CT molecular complexity index is 943. The highest BCUT2D eigenvalue weighted by atomic mass is 32.1. The lowest BCUT2D eigenvalue weighted by Gasteiger charge is -2.39. The standard InChI is InChI=1S/C20H18N2O3S2/c23-18(15-13-27-17(21-15)16-7-4-12-26-16)22-10-8-20(9-11-22,19(24)25)14-5-2-1-3-6-14/h1-7,12-13H,8-11H2,(H,24,25). The molecule has 2 aromatic heterocycles. The van der Waals surface area contributed by atoms with E-state index in [1.54, 1.807) is 21.6 Å². The van der Waals surface area contributed by atoms with Crippen molar-refractivity contribution >= 4 is 34.6 Å². The van der Waals surface area contributed by atoms with Crippen molar-refractivity contribution in [3.05, 3.63) is 64.5 Å². The van der Waals surface area contributed by atoms with Gasteiger partial charge in [-0.2, -0.15) is 0 Å². The van der Waals surface area contributed by atoms with E-state index < -0.39 is 11.4 Å². The Morgan fingerprint density at radius 2 is 1.78 bits per heavy atom. The van der Waals surface area contributed by atoms with Crippen LogP contribution in [0, 0.1) is 0 Å². The van der Waals surface area contributed by atoms with E-state index in [0.717, 1.165) is 15.4 Å². The molecule has 1 N–H and O–H groups in total. The number of likely N-dealkylation sites (tertiary alicyclic amines) is 1. The third-order valence-corrected chi connectivity index (χ3v) is 6.98. The van der Waals surface area contributed by atoms with Crippen LogP contribution < -0.4 is 0 Å². The number of thiazole rings is 1. The summed E-state index contributed by atoms with van der Waals surface area (Å²) in [6.07, 6.45) is 0.806. The molecule has 5 nitrogen and oxygen atoms in total. The molecule has 0 unspecified atom stereocenters. The fraction of sp³-hybridized carbons (Fsp3) is 0.250. The maximum absolute atomic E-state index is 12.8. The minimum atomic E-state index is -0.928. The second-order valence-electron chi connectivity index (χ2n) is 6.56. The molecule has 3 aromatic rings. The molecule has 1 aliphatic heterocycles. The summed E-state index contributed by atoms with van der Waals surface area (Å²) in [4.78, 5) is 32.1. The van der Waals surface area contributed by atoms with E-state index in [9.17, 15) is 14.7 Å². The summed E-state index contributed by atoms with van der Waals surface area (Å²) < 4.78 is 0. The van der Waals surface area contributed by atoms with Gasteiger partial charge in [0.15, 0.2) is 0 Å². The normalized spacial score (nSPS) is 16.2. The van der Waals surface area contributed by atoms with E-state index in [1.165, 1.54) is 11.3 Å². The zero-order chi connectivity index (χ0) is 18.9. The highest BCUT2D eigenvalue weighted by Crippen LogP contribution is 2.36. The summed E-state index contributed by atoms with van der Waals surface area (Å²) in [5.74, 6) is -0.949. The first-order chi connectivity index (χ1) is 13.1. The molecule has 138 valence electrons. The number of carbonyl (C=O) groups is 2. The zero-order valence-corrected chi connectivity index (χ0v) is 16.1. The van der Waals surface area contributed by atoms with Gasteiger partial charge in [0.05, 0.1) is 10.3 Å². The summed E-state index contributed by atoms with van der Waals surface area (Å²) in [5.41, 5.74) is 0.312. The van der Waals surface area contributed by atoms with Crippen molar-refractivity contribution < 1.29 is 14.7 Å². The van der Waals surface area contributed by atoms with Crippen molar-refractivity contribution in [3.63, 3.8) is 0 Å². The molecular weight excluding hydrogens is 380 g/mol. The maximum Gasteiger partial charge on any atom is 0.314 e. The summed E-state index contributed by atoms with van der Waals surface area (Å²) in [6, 6.07) is 13.3. The largest absolute Gasteiger partial charge is 0.481 e. The average molecular weight is 399 g/mol. The van der Waals surface area contributed by atoms with Gasteiger partial charge in [-0.15, -0.1) is 22.7 Å². The quantitative estimate of drug-likeness (QED) is 0.717. The Morgan fingerprint density at radius 3 is 2.41 bits per heavy atom. The third kappa shape index (κ3) is 3.28. The van der Waals surface area contributed by atoms with Crippen LogP contribution in [0.5, 0.6) is 0 Å². The van der Waals surface area contributed by atoms with E-state index in [-0.39, 0.29) is 5.91 Å². The number of aliphatic carboxylic acids is 1. The Kier molecular flexibility index (Phi) is 4.80. The molecule has 1 fully saturated rings. The van der Waals surface area contributed by atoms with Crippen LogP contribution in [0.25, 0.3) is 9.88 Å². The average Bonchev–Trinajstić information content (AvgIpc) is 3.39. The highest BCUT2D eigenvalue weighted by molar-refractivity contribution is 7.20. The molecule has 1 amide bonds. The SMILES string of the molecule is O=C(c1csc(-c2cccs2)n1)N1CCC(C(=O)O)(c2ccccc2)CC1. The molecule has 1 aromatic carbocycles. The molecule has 3 heterocycles. The second-order valence-corrected chi connectivity index (χ2v) is 8.37. The number of carbonyl (C=O) groups excluding carboxylic acids is 1. The fourth-order valence-corrected chi connectivity index (χ4v) is 5.13. The van der Waals surface area contributed by atoms with Gasteiger partial charge in [-0.3, -0.25) is 9.59 Å². The number of carboxylic acid groups (broad SMARTS) is 1. The van der Waals surface area contributed by atoms with E-state index >= 15 is 0 Å². The molecule has 0 aliphatic carbocycles. The number of amides is 1. The zero-order valence-electron chi connectivity index (χ0n) is 14.5. The van der Waals surface area contributed by atoms with E-state index in [0.29, 0.717) is 31.6 Å². The predicted molar refractivity (Wildman–Crippen MR) is 106 cm³/mol. The van der Waals surface area contributed by atoms with Crippen LogP contribution in [0.1, 0.15) is 28.9 Å². The summed E-state index contributed by atoms with van der Waals surface area (Å²) >= 11 is 3.05. The molecular formula is C20H18N2O3S2. The predicted octanol–water partition coefficient (Wildman–Crippen LogP) is 4.13. The number of piperidine rings is 1. The lowest BCUT2D eigenvalue weighted by molar-refractivity contribution is -0.145. The highest BCUT2D eigenvalue weighted by Gasteiger charge is 2.44. The number of hydrogen-bond acceptors (Lipinski definition) is 5. The topological polar surface area (TPSA) is 70.5 Å². The molecule has 7 heteroatoms. The van der Waals surface area contributed by atoms with Gasteiger partial charge < -0.3 is 10.0 Å². The Hall–Kier alpha value is -2.51. The van der Waals surface area contributed by atoms with Crippen LogP contribution >= 0.6 is 22.7 Å². The smallest absolute Gasteiger partial charge is 0.314 e. The van der Waals surface area contributed by atoms with Gasteiger partial charge in [0.1, 0.15) is 10.7 Å². The van der Waals surface area contributed by atoms with Crippen LogP contribution in [0.15, 0.2) is 53.2 Å². The van der Waals surface area contributed by atoms with Crippen molar-refractivity contribution in [2.24, 2.45) is 0 Å². The van der Waals surface area contributed by atoms with Crippen LogP contribution in [0.2, 0.25) is 0 Å². The summed E-state index contributed by atoms with van der Waals surface area (Å²) in [5, 5.41) is 14.5. The third-order valence-electron chi connectivity index (χ3n) is 5.10. The van der Waals surface area contributed by atoms with E-state index in [2.05, 4.69) is 4.98 Å². The molecule has 1 saturated heterocycles. The van der Waals surface area contributed by atoms with E-state index in [1.807, 2.05) is 47.8 Å². The van der Waals surface area contributed by atoms with Crippen LogP contribution in [-0.2, 0) is 10.2 Å². The summed E-state index contributed by atoms with van der Waals surface area (Å²) in [7, 11) is 0. The molecule has 0 atom stereocenters. The van der Waals surface area contributed by atoms with Gasteiger partial charge in [-0.1, -0.05) is 36.4 Å².